The molecule has 4 rings (SSSR count). The van der Waals surface area contributed by atoms with E-state index in [-0.39, 0.29) is 0 Å². The third-order valence-corrected chi connectivity index (χ3v) is 3.56. The third-order valence-electron chi connectivity index (χ3n) is 3.56. The second-order valence-electron chi connectivity index (χ2n) is 4.99. The molecule has 1 aliphatic rings. The van der Waals surface area contributed by atoms with Gasteiger partial charge in [0.2, 0.25) is 6.79 Å². The average Bonchev–Trinajstić information content (AvgIpc) is 3.00. The second-order valence-corrected chi connectivity index (χ2v) is 4.99. The number of rotatable bonds is 3. The van der Waals surface area contributed by atoms with Crippen molar-refractivity contribution in [2.45, 2.75) is 6.61 Å². The van der Waals surface area contributed by atoms with Crippen molar-refractivity contribution >= 4 is 10.8 Å². The Labute approximate surface area is 122 Å². The Kier molecular flexibility index (Phi) is 2.89. The zero-order chi connectivity index (χ0) is 14.1. The Bertz CT molecular complexity index is 795. The van der Waals surface area contributed by atoms with Crippen LogP contribution in [0.2, 0.25) is 0 Å². The summed E-state index contributed by atoms with van der Waals surface area (Å²) < 4.78 is 16.5. The quantitative estimate of drug-likeness (QED) is 0.720. The fourth-order valence-electron chi connectivity index (χ4n) is 2.45. The molecule has 0 fully saturated rings. The Morgan fingerprint density at radius 1 is 0.810 bits per heavy atom. The molecular weight excluding hydrogens is 264 g/mol. The highest BCUT2D eigenvalue weighted by atomic mass is 16.7. The molecule has 0 unspecified atom stereocenters. The number of benzene rings is 3. The van der Waals surface area contributed by atoms with Crippen LogP contribution < -0.4 is 14.2 Å². The minimum absolute atomic E-state index is 0.296. The lowest BCUT2D eigenvalue weighted by Gasteiger charge is -2.08. The minimum Gasteiger partial charge on any atom is -0.489 e. The molecule has 0 aliphatic carbocycles. The lowest BCUT2D eigenvalue weighted by molar-refractivity contribution is 0.174. The van der Waals surface area contributed by atoms with Gasteiger partial charge in [-0.15, -0.1) is 0 Å². The fraction of sp³-hybridized carbons (Fsp3) is 0.111. The normalized spacial score (nSPS) is 12.6. The lowest BCUT2D eigenvalue weighted by atomic mass is 10.1. The van der Waals surface area contributed by atoms with Crippen molar-refractivity contribution in [2.75, 3.05) is 6.79 Å². The van der Waals surface area contributed by atoms with E-state index in [9.17, 15) is 0 Å². The highest BCUT2D eigenvalue weighted by Crippen LogP contribution is 2.32. The number of hydrogen-bond donors (Lipinski definition) is 0. The van der Waals surface area contributed by atoms with Crippen LogP contribution in [0.4, 0.5) is 0 Å². The maximum absolute atomic E-state index is 5.86. The fourth-order valence-corrected chi connectivity index (χ4v) is 2.45. The van der Waals surface area contributed by atoms with E-state index in [4.69, 9.17) is 14.2 Å². The molecule has 0 N–H and O–H groups in total. The molecule has 3 heteroatoms. The van der Waals surface area contributed by atoms with Gasteiger partial charge in [-0.1, -0.05) is 36.4 Å². The zero-order valence-corrected chi connectivity index (χ0v) is 11.4. The third kappa shape index (κ3) is 2.38. The smallest absolute Gasteiger partial charge is 0.231 e. The molecule has 3 aromatic carbocycles. The highest BCUT2D eigenvalue weighted by Gasteiger charge is 2.13. The van der Waals surface area contributed by atoms with E-state index >= 15 is 0 Å². The first-order valence-electron chi connectivity index (χ1n) is 6.89. The van der Waals surface area contributed by atoms with E-state index in [1.165, 1.54) is 10.8 Å². The van der Waals surface area contributed by atoms with Crippen LogP contribution in [0.5, 0.6) is 17.2 Å². The van der Waals surface area contributed by atoms with E-state index in [2.05, 4.69) is 24.3 Å². The van der Waals surface area contributed by atoms with Crippen molar-refractivity contribution < 1.29 is 14.2 Å². The Morgan fingerprint density at radius 3 is 2.62 bits per heavy atom. The predicted molar refractivity (Wildman–Crippen MR) is 80.8 cm³/mol. The van der Waals surface area contributed by atoms with Gasteiger partial charge in [-0.3, -0.25) is 0 Å². The molecule has 0 saturated heterocycles. The van der Waals surface area contributed by atoms with Gasteiger partial charge < -0.3 is 14.2 Å². The number of hydrogen-bond acceptors (Lipinski definition) is 3. The largest absolute Gasteiger partial charge is 0.489 e. The highest BCUT2D eigenvalue weighted by molar-refractivity contribution is 5.83. The Balaban J connectivity index is 1.52. The van der Waals surface area contributed by atoms with Crippen LogP contribution in [0.3, 0.4) is 0 Å². The maximum atomic E-state index is 5.86. The van der Waals surface area contributed by atoms with Crippen molar-refractivity contribution in [3.05, 3.63) is 66.2 Å². The molecule has 0 atom stereocenters. The minimum atomic E-state index is 0.296. The number of ether oxygens (including phenoxy) is 3. The second kappa shape index (κ2) is 5.02. The molecule has 3 aromatic rings. The first-order chi connectivity index (χ1) is 10.4. The van der Waals surface area contributed by atoms with E-state index in [1.807, 2.05) is 36.4 Å². The average molecular weight is 278 g/mol. The predicted octanol–water partition coefficient (Wildman–Crippen LogP) is 4.15. The van der Waals surface area contributed by atoms with Crippen molar-refractivity contribution in [1.82, 2.24) is 0 Å². The summed E-state index contributed by atoms with van der Waals surface area (Å²) >= 11 is 0. The summed E-state index contributed by atoms with van der Waals surface area (Å²) in [5.74, 6) is 2.45. The van der Waals surface area contributed by atoms with Crippen molar-refractivity contribution in [3.8, 4) is 17.2 Å². The lowest BCUT2D eigenvalue weighted by Crippen LogP contribution is -1.95. The summed E-state index contributed by atoms with van der Waals surface area (Å²) in [6.45, 7) is 0.805. The first kappa shape index (κ1) is 12.1. The van der Waals surface area contributed by atoms with Gasteiger partial charge in [0.15, 0.2) is 11.5 Å². The van der Waals surface area contributed by atoms with E-state index < -0.39 is 0 Å². The van der Waals surface area contributed by atoms with E-state index in [1.54, 1.807) is 0 Å². The maximum Gasteiger partial charge on any atom is 0.231 e. The van der Waals surface area contributed by atoms with Gasteiger partial charge in [0.05, 0.1) is 0 Å². The van der Waals surface area contributed by atoms with Crippen LogP contribution in [-0.2, 0) is 6.61 Å². The van der Waals surface area contributed by atoms with Crippen LogP contribution in [0, 0.1) is 0 Å². The monoisotopic (exact) mass is 278 g/mol. The van der Waals surface area contributed by atoms with E-state index in [0.717, 1.165) is 22.8 Å². The molecule has 0 saturated carbocycles. The topological polar surface area (TPSA) is 27.7 Å². The van der Waals surface area contributed by atoms with E-state index in [0.29, 0.717) is 13.4 Å². The van der Waals surface area contributed by atoms with Gasteiger partial charge >= 0.3 is 0 Å². The first-order valence-corrected chi connectivity index (χ1v) is 6.89. The molecule has 0 spiro atoms. The summed E-state index contributed by atoms with van der Waals surface area (Å²) in [7, 11) is 0. The summed E-state index contributed by atoms with van der Waals surface area (Å²) in [6, 6.07) is 20.3. The summed E-state index contributed by atoms with van der Waals surface area (Å²) in [5, 5.41) is 2.40. The SMILES string of the molecule is c1ccc2cc(OCc3ccc4c(c3)OCO4)ccc2c1. The van der Waals surface area contributed by atoms with Crippen LogP contribution in [0.25, 0.3) is 10.8 Å². The summed E-state index contributed by atoms with van der Waals surface area (Å²) in [6.07, 6.45) is 0. The molecule has 3 nitrogen and oxygen atoms in total. The molecule has 0 aromatic heterocycles. The van der Waals surface area contributed by atoms with Gasteiger partial charge in [0.1, 0.15) is 12.4 Å². The molecule has 21 heavy (non-hydrogen) atoms. The van der Waals surface area contributed by atoms with Gasteiger partial charge in [-0.05, 0) is 40.6 Å². The Hall–Kier alpha value is -2.68. The van der Waals surface area contributed by atoms with Crippen molar-refractivity contribution in [1.29, 1.82) is 0 Å². The molecule has 1 aliphatic heterocycles. The molecule has 1 heterocycles. The van der Waals surface area contributed by atoms with Gasteiger partial charge in [0.25, 0.3) is 0 Å². The van der Waals surface area contributed by atoms with Crippen LogP contribution in [0.15, 0.2) is 60.7 Å². The van der Waals surface area contributed by atoms with Crippen LogP contribution in [-0.4, -0.2) is 6.79 Å². The summed E-state index contributed by atoms with van der Waals surface area (Å²) in [4.78, 5) is 0. The molecule has 0 radical (unpaired) electrons. The van der Waals surface area contributed by atoms with Crippen LogP contribution in [0.1, 0.15) is 5.56 Å². The van der Waals surface area contributed by atoms with Gasteiger partial charge in [0, 0.05) is 0 Å². The molecule has 0 amide bonds. The van der Waals surface area contributed by atoms with Crippen LogP contribution >= 0.6 is 0 Å². The number of fused-ring (bicyclic) bond motifs is 2. The molecule has 0 bridgehead atoms. The standard InChI is InChI=1S/C18H14O3/c1-2-4-15-10-16(7-6-14(15)3-1)19-11-13-5-8-17-18(9-13)21-12-20-17/h1-10H,11-12H2. The molecular formula is C18H14O3. The Morgan fingerprint density at radius 2 is 1.67 bits per heavy atom. The summed E-state index contributed by atoms with van der Waals surface area (Å²) in [5.41, 5.74) is 1.06. The van der Waals surface area contributed by atoms with Crippen molar-refractivity contribution in [2.24, 2.45) is 0 Å². The van der Waals surface area contributed by atoms with Crippen molar-refractivity contribution in [3.63, 3.8) is 0 Å². The van der Waals surface area contributed by atoms with Gasteiger partial charge in [-0.25, -0.2) is 0 Å². The molecule has 104 valence electrons. The zero-order valence-electron chi connectivity index (χ0n) is 11.4. The van der Waals surface area contributed by atoms with Gasteiger partial charge in [-0.2, -0.15) is 0 Å².